The maximum atomic E-state index is 9.07. The molecule has 0 aliphatic heterocycles. The second-order valence-electron chi connectivity index (χ2n) is 2.82. The first kappa shape index (κ1) is 12.4. The lowest BCUT2D eigenvalue weighted by molar-refractivity contribution is 0.107. The van der Waals surface area contributed by atoms with Crippen molar-refractivity contribution in [1.82, 2.24) is 4.98 Å². The van der Waals surface area contributed by atoms with Gasteiger partial charge in [0, 0.05) is 22.8 Å². The maximum Gasteiger partial charge on any atom is 0.219 e. The third-order valence-electron chi connectivity index (χ3n) is 1.73. The number of pyridine rings is 1. The van der Waals surface area contributed by atoms with Crippen LogP contribution in [0.15, 0.2) is 16.7 Å². The van der Waals surface area contributed by atoms with Gasteiger partial charge in [0.2, 0.25) is 5.88 Å². The van der Waals surface area contributed by atoms with Crippen molar-refractivity contribution in [2.24, 2.45) is 0 Å². The fourth-order valence-corrected chi connectivity index (χ4v) is 1.43. The first-order valence-electron chi connectivity index (χ1n) is 4.73. The maximum absolute atomic E-state index is 9.07. The zero-order valence-electron chi connectivity index (χ0n) is 8.57. The first-order chi connectivity index (χ1) is 7.27. The molecule has 1 N–H and O–H groups in total. The van der Waals surface area contributed by atoms with E-state index in [9.17, 15) is 0 Å². The van der Waals surface area contributed by atoms with Gasteiger partial charge >= 0.3 is 0 Å². The average Bonchev–Trinajstić information content (AvgIpc) is 2.26. The lowest BCUT2D eigenvalue weighted by atomic mass is 10.3. The summed E-state index contributed by atoms with van der Waals surface area (Å²) in [5, 5.41) is 9.07. The molecule has 0 aliphatic carbocycles. The van der Waals surface area contributed by atoms with Crippen LogP contribution in [-0.2, 0) is 11.3 Å². The Morgan fingerprint density at radius 3 is 2.93 bits per heavy atom. The fraction of sp³-hybridized carbons (Fsp3) is 0.500. The lowest BCUT2D eigenvalue weighted by Gasteiger charge is -2.08. The van der Waals surface area contributed by atoms with Crippen molar-refractivity contribution in [3.05, 3.63) is 22.3 Å². The molecule has 15 heavy (non-hydrogen) atoms. The van der Waals surface area contributed by atoms with Gasteiger partial charge in [-0.05, 0) is 28.9 Å². The van der Waals surface area contributed by atoms with Gasteiger partial charge in [-0.1, -0.05) is 0 Å². The molecule has 0 aliphatic rings. The van der Waals surface area contributed by atoms with E-state index in [4.69, 9.17) is 14.6 Å². The lowest BCUT2D eigenvalue weighted by Crippen LogP contribution is -2.08. The Balaban J connectivity index is 2.52. The van der Waals surface area contributed by atoms with E-state index in [0.29, 0.717) is 31.3 Å². The molecule has 0 saturated heterocycles. The Labute approximate surface area is 97.4 Å². The molecule has 5 heteroatoms. The number of rotatable bonds is 6. The topological polar surface area (TPSA) is 51.6 Å². The molecule has 1 rings (SSSR count). The number of nitrogens with zero attached hydrogens (tertiary/aromatic N) is 1. The van der Waals surface area contributed by atoms with E-state index >= 15 is 0 Å². The van der Waals surface area contributed by atoms with Gasteiger partial charge in [0.05, 0.1) is 13.2 Å². The van der Waals surface area contributed by atoms with Crippen molar-refractivity contribution in [2.45, 2.75) is 13.5 Å². The minimum Gasteiger partial charge on any atom is -0.475 e. The molecule has 1 aromatic rings. The molecule has 1 aromatic heterocycles. The Kier molecular flexibility index (Phi) is 5.60. The third kappa shape index (κ3) is 4.15. The summed E-state index contributed by atoms with van der Waals surface area (Å²) in [4.78, 5) is 4.06. The molecule has 1 heterocycles. The monoisotopic (exact) mass is 275 g/mol. The molecular formula is C10H14BrNO3. The van der Waals surface area contributed by atoms with Crippen molar-refractivity contribution in [1.29, 1.82) is 0 Å². The van der Waals surface area contributed by atoms with Crippen LogP contribution < -0.4 is 4.74 Å². The van der Waals surface area contributed by atoms with Crippen molar-refractivity contribution >= 4 is 15.9 Å². The summed E-state index contributed by atoms with van der Waals surface area (Å²) in [6.45, 7) is 3.48. The van der Waals surface area contributed by atoms with Gasteiger partial charge in [0.15, 0.2) is 0 Å². The number of halogens is 1. The van der Waals surface area contributed by atoms with Crippen LogP contribution in [0.2, 0.25) is 0 Å². The largest absolute Gasteiger partial charge is 0.475 e. The zero-order chi connectivity index (χ0) is 11.1. The number of ether oxygens (including phenoxy) is 2. The van der Waals surface area contributed by atoms with E-state index < -0.39 is 0 Å². The summed E-state index contributed by atoms with van der Waals surface area (Å²) >= 11 is 3.28. The van der Waals surface area contributed by atoms with E-state index in [1.54, 1.807) is 12.3 Å². The summed E-state index contributed by atoms with van der Waals surface area (Å²) < 4.78 is 11.3. The van der Waals surface area contributed by atoms with E-state index in [0.717, 1.165) is 4.47 Å². The molecular weight excluding hydrogens is 262 g/mol. The van der Waals surface area contributed by atoms with E-state index in [-0.39, 0.29) is 6.61 Å². The summed E-state index contributed by atoms with van der Waals surface area (Å²) in [5.74, 6) is 0.459. The number of hydrogen-bond acceptors (Lipinski definition) is 4. The van der Waals surface area contributed by atoms with Crippen LogP contribution >= 0.6 is 15.9 Å². The van der Waals surface area contributed by atoms with Crippen molar-refractivity contribution in [2.75, 3.05) is 19.8 Å². The highest BCUT2D eigenvalue weighted by Gasteiger charge is 2.04. The van der Waals surface area contributed by atoms with Crippen molar-refractivity contribution in [3.63, 3.8) is 0 Å². The van der Waals surface area contributed by atoms with Gasteiger partial charge in [-0.25, -0.2) is 4.98 Å². The van der Waals surface area contributed by atoms with Gasteiger partial charge in [-0.15, -0.1) is 0 Å². The Morgan fingerprint density at radius 2 is 2.27 bits per heavy atom. The number of hydrogen-bond donors (Lipinski definition) is 1. The van der Waals surface area contributed by atoms with Crippen molar-refractivity contribution < 1.29 is 14.6 Å². The highest BCUT2D eigenvalue weighted by atomic mass is 79.9. The quantitative estimate of drug-likeness (QED) is 0.804. The van der Waals surface area contributed by atoms with Gasteiger partial charge in [-0.2, -0.15) is 0 Å². The van der Waals surface area contributed by atoms with Crippen LogP contribution in [0.5, 0.6) is 5.88 Å². The molecule has 0 saturated carbocycles. The molecule has 0 atom stereocenters. The molecule has 0 aromatic carbocycles. The zero-order valence-corrected chi connectivity index (χ0v) is 10.2. The normalized spacial score (nSPS) is 10.3. The number of aliphatic hydroxyl groups excluding tert-OH is 1. The van der Waals surface area contributed by atoms with Crippen LogP contribution in [0.3, 0.4) is 0 Å². The van der Waals surface area contributed by atoms with Crippen LogP contribution in [0, 0.1) is 0 Å². The van der Waals surface area contributed by atoms with Crippen LogP contribution in [0.4, 0.5) is 0 Å². The Hall–Kier alpha value is -0.650. The predicted molar refractivity (Wildman–Crippen MR) is 59.8 cm³/mol. The second kappa shape index (κ2) is 6.76. The van der Waals surface area contributed by atoms with E-state index in [2.05, 4.69) is 20.9 Å². The minimum absolute atomic E-state index is 0.0869. The summed E-state index contributed by atoms with van der Waals surface area (Å²) in [6.07, 6.45) is 1.63. The predicted octanol–water partition coefficient (Wildman–Crippen LogP) is 1.75. The molecule has 0 radical (unpaired) electrons. The van der Waals surface area contributed by atoms with Gasteiger partial charge < -0.3 is 14.6 Å². The molecule has 4 nitrogen and oxygen atoms in total. The van der Waals surface area contributed by atoms with Crippen LogP contribution in [-0.4, -0.2) is 29.9 Å². The SMILES string of the molecule is CCOCCOc1ncc(Br)cc1CO. The molecule has 84 valence electrons. The molecule has 0 unspecified atom stereocenters. The van der Waals surface area contributed by atoms with E-state index in [1.165, 1.54) is 0 Å². The van der Waals surface area contributed by atoms with E-state index in [1.807, 2.05) is 6.92 Å². The smallest absolute Gasteiger partial charge is 0.219 e. The molecule has 0 bridgehead atoms. The van der Waals surface area contributed by atoms with Crippen LogP contribution in [0.25, 0.3) is 0 Å². The standard InChI is InChI=1S/C10H14BrNO3/c1-2-14-3-4-15-10-8(7-13)5-9(11)6-12-10/h5-6,13H,2-4,7H2,1H3. The molecule has 0 amide bonds. The second-order valence-corrected chi connectivity index (χ2v) is 3.74. The number of aliphatic hydroxyl groups is 1. The minimum atomic E-state index is -0.0869. The summed E-state index contributed by atoms with van der Waals surface area (Å²) in [5.41, 5.74) is 0.667. The first-order valence-corrected chi connectivity index (χ1v) is 5.53. The third-order valence-corrected chi connectivity index (χ3v) is 2.17. The summed E-state index contributed by atoms with van der Waals surface area (Å²) in [6, 6.07) is 1.78. The van der Waals surface area contributed by atoms with Gasteiger partial charge in [0.1, 0.15) is 6.61 Å². The number of aromatic nitrogens is 1. The fourth-order valence-electron chi connectivity index (χ4n) is 1.05. The highest BCUT2D eigenvalue weighted by Crippen LogP contribution is 2.19. The Bertz CT molecular complexity index is 307. The van der Waals surface area contributed by atoms with Gasteiger partial charge in [-0.3, -0.25) is 0 Å². The van der Waals surface area contributed by atoms with Crippen LogP contribution in [0.1, 0.15) is 12.5 Å². The average molecular weight is 276 g/mol. The summed E-state index contributed by atoms with van der Waals surface area (Å²) in [7, 11) is 0. The highest BCUT2D eigenvalue weighted by molar-refractivity contribution is 9.10. The van der Waals surface area contributed by atoms with Crippen molar-refractivity contribution in [3.8, 4) is 5.88 Å². The molecule has 0 fully saturated rings. The Morgan fingerprint density at radius 1 is 1.47 bits per heavy atom. The molecule has 0 spiro atoms. The van der Waals surface area contributed by atoms with Gasteiger partial charge in [0.25, 0.3) is 0 Å².